The van der Waals surface area contributed by atoms with E-state index in [2.05, 4.69) is 19.9 Å². The largest absolute Gasteiger partial charge is 0.507 e. The van der Waals surface area contributed by atoms with Crippen LogP contribution < -0.4 is 10.3 Å². The van der Waals surface area contributed by atoms with Gasteiger partial charge in [-0.05, 0) is 36.5 Å². The van der Waals surface area contributed by atoms with Gasteiger partial charge in [-0.3, -0.25) is 9.78 Å². The number of H-pyrrole nitrogens is 2. The Hall–Kier alpha value is -3.52. The Morgan fingerprint density at radius 3 is 2.37 bits per heavy atom. The van der Waals surface area contributed by atoms with Crippen molar-refractivity contribution in [1.82, 2.24) is 19.9 Å². The topological polar surface area (TPSA) is 104 Å². The Morgan fingerprint density at radius 1 is 0.963 bits per heavy atom. The molecule has 0 aliphatic rings. The van der Waals surface area contributed by atoms with Crippen molar-refractivity contribution >= 4 is 23.4 Å². The molecule has 0 spiro atoms. The minimum absolute atomic E-state index is 0.0470. The Labute approximate surface area is 158 Å². The Bertz CT molecular complexity index is 1280. The third kappa shape index (κ3) is 2.96. The van der Waals surface area contributed by atoms with Crippen LogP contribution in [0.5, 0.6) is 11.5 Å². The van der Waals surface area contributed by atoms with Gasteiger partial charge in [0.1, 0.15) is 22.9 Å². The molecule has 0 amide bonds. The van der Waals surface area contributed by atoms with Crippen LogP contribution in [0.25, 0.3) is 33.7 Å². The van der Waals surface area contributed by atoms with Gasteiger partial charge in [-0.25, -0.2) is 9.97 Å². The lowest BCUT2D eigenvalue weighted by molar-refractivity contribution is 0.416. The number of nitrogens with zero attached hydrogens (tertiary/aromatic N) is 2. The summed E-state index contributed by atoms with van der Waals surface area (Å²) in [6, 6.07) is 14.1. The summed E-state index contributed by atoms with van der Waals surface area (Å²) in [5.41, 5.74) is 1.85. The fraction of sp³-hybridized carbons (Fsp3) is 0.0526. The molecule has 0 unspecified atom stereocenters. The van der Waals surface area contributed by atoms with Crippen molar-refractivity contribution in [2.75, 3.05) is 7.11 Å². The van der Waals surface area contributed by atoms with E-state index in [1.54, 1.807) is 37.4 Å². The molecule has 2 aromatic carbocycles. The Balaban J connectivity index is 2.15. The monoisotopic (exact) mass is 378 g/mol. The number of phenolic OH excluding ortho intramolecular Hbond substituents is 1. The lowest BCUT2D eigenvalue weighted by Gasteiger charge is -2.13. The molecule has 7 nitrogen and oxygen atoms in total. The summed E-state index contributed by atoms with van der Waals surface area (Å²) in [6.07, 6.45) is 0. The van der Waals surface area contributed by atoms with E-state index in [4.69, 9.17) is 17.0 Å². The number of methoxy groups -OCH3 is 1. The molecule has 0 aliphatic carbocycles. The Kier molecular flexibility index (Phi) is 4.17. The van der Waals surface area contributed by atoms with E-state index in [1.165, 1.54) is 0 Å². The molecular weight excluding hydrogens is 364 g/mol. The van der Waals surface area contributed by atoms with Crippen LogP contribution >= 0.6 is 12.2 Å². The van der Waals surface area contributed by atoms with Crippen LogP contribution in [0.4, 0.5) is 0 Å². The Morgan fingerprint density at radius 2 is 1.63 bits per heavy atom. The minimum atomic E-state index is -0.443. The highest BCUT2D eigenvalue weighted by Crippen LogP contribution is 2.38. The van der Waals surface area contributed by atoms with Gasteiger partial charge in [0.15, 0.2) is 15.9 Å². The fourth-order valence-corrected chi connectivity index (χ4v) is 3.06. The van der Waals surface area contributed by atoms with E-state index in [-0.39, 0.29) is 21.7 Å². The molecule has 0 saturated heterocycles. The van der Waals surface area contributed by atoms with Gasteiger partial charge in [0.25, 0.3) is 5.56 Å². The average molecular weight is 378 g/mol. The first-order valence-corrected chi connectivity index (χ1v) is 8.45. The van der Waals surface area contributed by atoms with Gasteiger partial charge in [0, 0.05) is 11.1 Å². The van der Waals surface area contributed by atoms with Crippen molar-refractivity contribution < 1.29 is 9.84 Å². The molecule has 8 heteroatoms. The highest BCUT2D eigenvalue weighted by Gasteiger charge is 2.19. The van der Waals surface area contributed by atoms with E-state index >= 15 is 0 Å². The van der Waals surface area contributed by atoms with E-state index in [9.17, 15) is 9.90 Å². The normalized spacial score (nSPS) is 10.9. The van der Waals surface area contributed by atoms with E-state index in [0.29, 0.717) is 28.3 Å². The average Bonchev–Trinajstić information content (AvgIpc) is 2.67. The van der Waals surface area contributed by atoms with Gasteiger partial charge >= 0.3 is 0 Å². The second-order valence-electron chi connectivity index (χ2n) is 5.74. The summed E-state index contributed by atoms with van der Waals surface area (Å²) >= 11 is 5.03. The van der Waals surface area contributed by atoms with E-state index in [1.807, 2.05) is 18.2 Å². The van der Waals surface area contributed by atoms with Gasteiger partial charge in [-0.15, -0.1) is 0 Å². The molecule has 3 N–H and O–H groups in total. The summed E-state index contributed by atoms with van der Waals surface area (Å²) in [5.74, 6) is 0.619. The van der Waals surface area contributed by atoms with Crippen molar-refractivity contribution in [3.8, 4) is 34.0 Å². The smallest absolute Gasteiger partial charge is 0.279 e. The molecule has 0 fully saturated rings. The summed E-state index contributed by atoms with van der Waals surface area (Å²) in [6.45, 7) is 0. The fourth-order valence-electron chi connectivity index (χ4n) is 2.87. The number of hydrogen-bond acceptors (Lipinski definition) is 6. The number of para-hydroxylation sites is 2. The van der Waals surface area contributed by atoms with Crippen molar-refractivity contribution in [3.63, 3.8) is 0 Å². The second kappa shape index (κ2) is 6.65. The zero-order valence-corrected chi connectivity index (χ0v) is 15.0. The van der Waals surface area contributed by atoms with Crippen molar-refractivity contribution in [2.24, 2.45) is 0 Å². The molecule has 0 aliphatic heterocycles. The SMILES string of the molecule is COc1ccccc1-c1nc2c(=O)[nH]c(=S)[nH]c2nc1-c1ccccc1O. The number of phenols is 1. The molecule has 0 radical (unpaired) electrons. The first kappa shape index (κ1) is 16.9. The molecule has 2 aromatic heterocycles. The zero-order valence-electron chi connectivity index (χ0n) is 14.2. The van der Waals surface area contributed by atoms with Gasteiger partial charge in [0.05, 0.1) is 7.11 Å². The number of ether oxygens (including phenoxy) is 1. The minimum Gasteiger partial charge on any atom is -0.507 e. The van der Waals surface area contributed by atoms with Gasteiger partial charge < -0.3 is 14.8 Å². The molecule has 27 heavy (non-hydrogen) atoms. The quantitative estimate of drug-likeness (QED) is 0.472. The molecule has 0 saturated carbocycles. The molecule has 0 atom stereocenters. The maximum Gasteiger partial charge on any atom is 0.279 e. The number of aromatic hydroxyl groups is 1. The molecule has 2 heterocycles. The third-order valence-corrected chi connectivity index (χ3v) is 4.30. The van der Waals surface area contributed by atoms with Gasteiger partial charge in [-0.1, -0.05) is 24.3 Å². The predicted molar refractivity (Wildman–Crippen MR) is 104 cm³/mol. The first-order valence-electron chi connectivity index (χ1n) is 8.04. The number of aromatic amines is 2. The van der Waals surface area contributed by atoms with E-state index in [0.717, 1.165) is 0 Å². The molecular formula is C19H14N4O3S. The van der Waals surface area contributed by atoms with Crippen LogP contribution in [0.1, 0.15) is 0 Å². The number of aromatic nitrogens is 4. The maximum absolute atomic E-state index is 12.3. The lowest BCUT2D eigenvalue weighted by Crippen LogP contribution is -2.12. The van der Waals surface area contributed by atoms with Crippen LogP contribution in [0.3, 0.4) is 0 Å². The van der Waals surface area contributed by atoms with Crippen LogP contribution in [0.15, 0.2) is 53.3 Å². The highest BCUT2D eigenvalue weighted by molar-refractivity contribution is 7.71. The molecule has 4 aromatic rings. The number of fused-ring (bicyclic) bond motifs is 1. The summed E-state index contributed by atoms with van der Waals surface area (Å²) < 4.78 is 5.59. The molecule has 0 bridgehead atoms. The van der Waals surface area contributed by atoms with Gasteiger partial charge in [-0.2, -0.15) is 0 Å². The van der Waals surface area contributed by atoms with E-state index < -0.39 is 5.56 Å². The molecule has 134 valence electrons. The summed E-state index contributed by atoms with van der Waals surface area (Å²) in [4.78, 5) is 26.8. The number of benzene rings is 2. The number of nitrogens with one attached hydrogen (secondary N) is 2. The van der Waals surface area contributed by atoms with Crippen LogP contribution in [-0.4, -0.2) is 32.2 Å². The van der Waals surface area contributed by atoms with Crippen molar-refractivity contribution in [3.05, 3.63) is 63.7 Å². The van der Waals surface area contributed by atoms with Crippen LogP contribution in [0.2, 0.25) is 0 Å². The second-order valence-corrected chi connectivity index (χ2v) is 6.15. The lowest BCUT2D eigenvalue weighted by atomic mass is 10.0. The van der Waals surface area contributed by atoms with Gasteiger partial charge in [0.2, 0.25) is 0 Å². The third-order valence-electron chi connectivity index (χ3n) is 4.09. The van der Waals surface area contributed by atoms with Crippen LogP contribution in [-0.2, 0) is 0 Å². The zero-order chi connectivity index (χ0) is 19.0. The van der Waals surface area contributed by atoms with Crippen molar-refractivity contribution in [2.45, 2.75) is 0 Å². The summed E-state index contributed by atoms with van der Waals surface area (Å²) in [5, 5.41) is 10.3. The van der Waals surface area contributed by atoms with Crippen LogP contribution in [0, 0.1) is 4.77 Å². The number of hydrogen-bond donors (Lipinski definition) is 3. The van der Waals surface area contributed by atoms with Crippen molar-refractivity contribution in [1.29, 1.82) is 0 Å². The first-order chi connectivity index (χ1) is 13.1. The summed E-state index contributed by atoms with van der Waals surface area (Å²) in [7, 11) is 1.55. The standard InChI is InChI=1S/C19H14N4O3S/c1-26-13-9-5-3-7-11(13)15-14(10-6-2-4-8-12(10)24)21-17-16(20-15)18(25)23-19(27)22-17/h2-9,24H,1H3,(H2,21,22,23,25,27). The number of rotatable bonds is 3. The highest BCUT2D eigenvalue weighted by atomic mass is 32.1. The predicted octanol–water partition coefficient (Wildman–Crippen LogP) is 3.42. The molecule has 4 rings (SSSR count). The maximum atomic E-state index is 12.3.